The third-order valence-corrected chi connectivity index (χ3v) is 2.43. The van der Waals surface area contributed by atoms with Crippen LogP contribution in [0.5, 0.6) is 23.0 Å². The largest absolute Gasteiger partial charge is 0.508 e. The van der Waals surface area contributed by atoms with Gasteiger partial charge in [0.05, 0.1) is 0 Å². The Morgan fingerprint density at radius 3 is 1.55 bits per heavy atom. The maximum absolute atomic E-state index is 11.5. The van der Waals surface area contributed by atoms with E-state index < -0.39 is 11.9 Å². The minimum atomic E-state index is -0.793. The third kappa shape index (κ3) is 4.68. The summed E-state index contributed by atoms with van der Waals surface area (Å²) in [6.45, 7) is 0. The molecule has 0 saturated carbocycles. The highest BCUT2D eigenvalue weighted by Crippen LogP contribution is 2.18. The Balaban J connectivity index is 1.90. The lowest BCUT2D eigenvalue weighted by atomic mass is 10.3. The summed E-state index contributed by atoms with van der Waals surface area (Å²) in [4.78, 5) is 23.0. The molecule has 0 fully saturated rings. The van der Waals surface area contributed by atoms with Crippen molar-refractivity contribution in [2.75, 3.05) is 0 Å². The molecule has 0 aliphatic rings. The maximum atomic E-state index is 11.5. The topological polar surface area (TPSA) is 93.1 Å². The molecule has 0 heterocycles. The number of carbonyl (C=O) groups is 2. The van der Waals surface area contributed by atoms with Gasteiger partial charge in [-0.05, 0) is 24.3 Å². The Bertz CT molecular complexity index is 659. The van der Waals surface area contributed by atoms with Crippen LogP contribution in [-0.2, 0) is 9.59 Å². The van der Waals surface area contributed by atoms with Crippen molar-refractivity contribution in [2.24, 2.45) is 0 Å². The quantitative estimate of drug-likeness (QED) is 0.510. The molecule has 0 spiro atoms. The van der Waals surface area contributed by atoms with Crippen LogP contribution in [0.2, 0.25) is 0 Å². The van der Waals surface area contributed by atoms with Gasteiger partial charge in [0, 0.05) is 24.3 Å². The number of ether oxygens (including phenoxy) is 2. The normalized spacial score (nSPS) is 10.4. The fourth-order valence-corrected chi connectivity index (χ4v) is 1.53. The van der Waals surface area contributed by atoms with E-state index in [1.54, 1.807) is 0 Å². The molecule has 2 N–H and O–H groups in total. The molecule has 0 unspecified atom stereocenters. The van der Waals surface area contributed by atoms with Crippen molar-refractivity contribution >= 4 is 11.9 Å². The molecule has 0 amide bonds. The molecule has 0 aliphatic heterocycles. The van der Waals surface area contributed by atoms with Gasteiger partial charge in [0.2, 0.25) is 0 Å². The van der Waals surface area contributed by atoms with E-state index >= 15 is 0 Å². The SMILES string of the molecule is O=C(/C=C/C(=O)Oc1cccc(O)c1)Oc1cccc(O)c1. The monoisotopic (exact) mass is 300 g/mol. The van der Waals surface area contributed by atoms with E-state index in [2.05, 4.69) is 0 Å². The van der Waals surface area contributed by atoms with Crippen molar-refractivity contribution in [3.63, 3.8) is 0 Å². The van der Waals surface area contributed by atoms with Gasteiger partial charge in [-0.3, -0.25) is 0 Å². The molecule has 0 radical (unpaired) electrons. The van der Waals surface area contributed by atoms with Crippen molar-refractivity contribution < 1.29 is 29.3 Å². The Labute approximate surface area is 125 Å². The van der Waals surface area contributed by atoms with Gasteiger partial charge in [0.15, 0.2) is 0 Å². The molecule has 0 atom stereocenters. The summed E-state index contributed by atoms with van der Waals surface area (Å²) in [6.07, 6.45) is 1.80. The summed E-state index contributed by atoms with van der Waals surface area (Å²) in [5.41, 5.74) is 0. The van der Waals surface area contributed by atoms with Crippen molar-refractivity contribution in [1.82, 2.24) is 0 Å². The van der Waals surface area contributed by atoms with Gasteiger partial charge in [-0.2, -0.15) is 0 Å². The number of hydrogen-bond acceptors (Lipinski definition) is 6. The minimum Gasteiger partial charge on any atom is -0.508 e. The number of benzene rings is 2. The second kappa shape index (κ2) is 6.94. The molecule has 0 bridgehead atoms. The van der Waals surface area contributed by atoms with Crippen molar-refractivity contribution in [2.45, 2.75) is 0 Å². The van der Waals surface area contributed by atoms with Crippen LogP contribution in [0.4, 0.5) is 0 Å². The molecule has 0 aliphatic carbocycles. The van der Waals surface area contributed by atoms with E-state index in [1.165, 1.54) is 48.5 Å². The van der Waals surface area contributed by atoms with Crippen molar-refractivity contribution in [1.29, 1.82) is 0 Å². The first-order valence-corrected chi connectivity index (χ1v) is 6.23. The number of rotatable bonds is 4. The van der Waals surface area contributed by atoms with Crippen LogP contribution in [0, 0.1) is 0 Å². The molecule has 112 valence electrons. The average molecular weight is 300 g/mol. The zero-order chi connectivity index (χ0) is 15.9. The molecule has 0 saturated heterocycles. The highest BCUT2D eigenvalue weighted by atomic mass is 16.5. The predicted octanol–water partition coefficient (Wildman–Crippen LogP) is 2.17. The summed E-state index contributed by atoms with van der Waals surface area (Å²) < 4.78 is 9.76. The van der Waals surface area contributed by atoms with Crippen LogP contribution in [0.1, 0.15) is 0 Å². The van der Waals surface area contributed by atoms with E-state index in [0.717, 1.165) is 12.2 Å². The molecule has 22 heavy (non-hydrogen) atoms. The molecule has 2 aromatic carbocycles. The number of aromatic hydroxyl groups is 2. The molecule has 2 aromatic rings. The molecule has 6 nitrogen and oxygen atoms in total. The fourth-order valence-electron chi connectivity index (χ4n) is 1.53. The first-order valence-electron chi connectivity index (χ1n) is 6.23. The maximum Gasteiger partial charge on any atom is 0.336 e. The Morgan fingerprint density at radius 2 is 1.18 bits per heavy atom. The van der Waals surface area contributed by atoms with Crippen LogP contribution in [0.15, 0.2) is 60.7 Å². The van der Waals surface area contributed by atoms with Gasteiger partial charge in [0.25, 0.3) is 0 Å². The average Bonchev–Trinajstić information content (AvgIpc) is 2.45. The van der Waals surface area contributed by atoms with Crippen LogP contribution in [0.3, 0.4) is 0 Å². The predicted molar refractivity (Wildman–Crippen MR) is 76.6 cm³/mol. The summed E-state index contributed by atoms with van der Waals surface area (Å²) in [7, 11) is 0. The summed E-state index contributed by atoms with van der Waals surface area (Å²) in [5, 5.41) is 18.5. The first-order chi connectivity index (χ1) is 10.5. The van der Waals surface area contributed by atoms with E-state index in [4.69, 9.17) is 9.47 Å². The zero-order valence-electron chi connectivity index (χ0n) is 11.3. The van der Waals surface area contributed by atoms with Gasteiger partial charge < -0.3 is 19.7 Å². The second-order valence-corrected chi connectivity index (χ2v) is 4.17. The summed E-state index contributed by atoms with van der Waals surface area (Å²) >= 11 is 0. The lowest BCUT2D eigenvalue weighted by Crippen LogP contribution is -2.08. The number of phenols is 2. The lowest BCUT2D eigenvalue weighted by molar-refractivity contribution is -0.131. The molecular weight excluding hydrogens is 288 g/mol. The summed E-state index contributed by atoms with van der Waals surface area (Å²) in [5.74, 6) is -1.38. The molecule has 2 rings (SSSR count). The molecule has 0 aromatic heterocycles. The minimum absolute atomic E-state index is 0.0439. The van der Waals surface area contributed by atoms with Crippen LogP contribution in [-0.4, -0.2) is 22.2 Å². The smallest absolute Gasteiger partial charge is 0.336 e. The number of carbonyl (C=O) groups excluding carboxylic acids is 2. The first kappa shape index (κ1) is 15.1. The van der Waals surface area contributed by atoms with Gasteiger partial charge in [-0.25, -0.2) is 9.59 Å². The highest BCUT2D eigenvalue weighted by Gasteiger charge is 2.05. The Hall–Kier alpha value is -3.28. The highest BCUT2D eigenvalue weighted by molar-refractivity contribution is 5.93. The second-order valence-electron chi connectivity index (χ2n) is 4.17. The summed E-state index contributed by atoms with van der Waals surface area (Å²) in [6, 6.07) is 11.4. The molecule has 6 heteroatoms. The Morgan fingerprint density at radius 1 is 0.773 bits per heavy atom. The zero-order valence-corrected chi connectivity index (χ0v) is 11.3. The Kier molecular flexibility index (Phi) is 4.77. The third-order valence-electron chi connectivity index (χ3n) is 2.43. The number of esters is 2. The van der Waals surface area contributed by atoms with Crippen LogP contribution < -0.4 is 9.47 Å². The van der Waals surface area contributed by atoms with Crippen LogP contribution >= 0.6 is 0 Å². The van der Waals surface area contributed by atoms with E-state index in [9.17, 15) is 19.8 Å². The lowest BCUT2D eigenvalue weighted by Gasteiger charge is -2.02. The van der Waals surface area contributed by atoms with Crippen molar-refractivity contribution in [3.8, 4) is 23.0 Å². The van der Waals surface area contributed by atoms with E-state index in [0.29, 0.717) is 0 Å². The van der Waals surface area contributed by atoms with Crippen LogP contribution in [0.25, 0.3) is 0 Å². The van der Waals surface area contributed by atoms with E-state index in [-0.39, 0.29) is 23.0 Å². The number of hydrogen-bond donors (Lipinski definition) is 2. The van der Waals surface area contributed by atoms with Crippen molar-refractivity contribution in [3.05, 3.63) is 60.7 Å². The standard InChI is InChI=1S/C16H12O6/c17-11-3-1-5-13(9-11)21-15(19)7-8-16(20)22-14-6-2-4-12(18)10-14/h1-10,17-18H/b8-7+. The van der Waals surface area contributed by atoms with Gasteiger partial charge in [-0.15, -0.1) is 0 Å². The van der Waals surface area contributed by atoms with Gasteiger partial charge >= 0.3 is 11.9 Å². The number of phenolic OH excluding ortho intramolecular Hbond substituents is 2. The van der Waals surface area contributed by atoms with Gasteiger partial charge in [-0.1, -0.05) is 12.1 Å². The fraction of sp³-hybridized carbons (Fsp3) is 0. The van der Waals surface area contributed by atoms with E-state index in [1.807, 2.05) is 0 Å². The molecular formula is C16H12O6. The van der Waals surface area contributed by atoms with Gasteiger partial charge in [0.1, 0.15) is 23.0 Å².